The van der Waals surface area contributed by atoms with Gasteiger partial charge in [0, 0.05) is 0 Å². The standard InChI is InChI=1S/C9H10N.Li/c1-2-4-9-7-10-6-5-8(9)3-1;/h1-4,7,10H,5-6H2;/q-1;+1. The van der Waals surface area contributed by atoms with Crippen LogP contribution in [0.15, 0.2) is 24.3 Å². The zero-order valence-corrected chi connectivity index (χ0v) is 6.80. The molecule has 1 heterocycles. The van der Waals surface area contributed by atoms with E-state index < -0.39 is 0 Å². The van der Waals surface area contributed by atoms with Crippen molar-refractivity contribution in [3.63, 3.8) is 0 Å². The van der Waals surface area contributed by atoms with E-state index in [2.05, 4.69) is 36.1 Å². The number of hydrogen-bond acceptors (Lipinski definition) is 1. The molecule has 2 heteroatoms. The van der Waals surface area contributed by atoms with Gasteiger partial charge in [0.15, 0.2) is 0 Å². The maximum absolute atomic E-state index is 3.22. The normalized spacial score (nSPS) is 14.2. The second-order valence-electron chi connectivity index (χ2n) is 2.55. The monoisotopic (exact) mass is 139 g/mol. The number of fused-ring (bicyclic) bond motifs is 1. The molecule has 1 nitrogen and oxygen atoms in total. The SMILES string of the molecule is [Li+].c1ccc2c(c1)[CH-]NCC2. The molecule has 0 amide bonds. The summed E-state index contributed by atoms with van der Waals surface area (Å²) in [6, 6.07) is 8.49. The van der Waals surface area contributed by atoms with Crippen LogP contribution in [0.1, 0.15) is 11.1 Å². The molecular weight excluding hydrogens is 129 g/mol. The van der Waals surface area contributed by atoms with Crippen LogP contribution < -0.4 is 24.2 Å². The van der Waals surface area contributed by atoms with E-state index in [1.54, 1.807) is 0 Å². The number of nitrogens with one attached hydrogen (secondary N) is 1. The number of rotatable bonds is 0. The molecule has 0 atom stereocenters. The van der Waals surface area contributed by atoms with Gasteiger partial charge in [0.1, 0.15) is 0 Å². The average molecular weight is 139 g/mol. The summed E-state index contributed by atoms with van der Waals surface area (Å²) in [5.41, 5.74) is 2.80. The predicted molar refractivity (Wildman–Crippen MR) is 41.6 cm³/mol. The van der Waals surface area contributed by atoms with Crippen LogP contribution in [0, 0.1) is 6.54 Å². The Kier molecular flexibility index (Phi) is 3.08. The van der Waals surface area contributed by atoms with Gasteiger partial charge >= 0.3 is 18.9 Å². The molecule has 0 bridgehead atoms. The van der Waals surface area contributed by atoms with Gasteiger partial charge in [-0.25, -0.2) is 0 Å². The zero-order chi connectivity index (χ0) is 6.81. The minimum Gasteiger partial charge on any atom is -0.348 e. The van der Waals surface area contributed by atoms with Crippen LogP contribution in [0.25, 0.3) is 0 Å². The third kappa shape index (κ3) is 1.81. The van der Waals surface area contributed by atoms with Crippen LogP contribution in [-0.2, 0) is 6.42 Å². The second kappa shape index (κ2) is 3.87. The Morgan fingerprint density at radius 1 is 1.27 bits per heavy atom. The van der Waals surface area contributed by atoms with Gasteiger partial charge in [-0.2, -0.15) is 11.6 Å². The van der Waals surface area contributed by atoms with Gasteiger partial charge in [-0.05, 0) is 6.54 Å². The molecule has 2 rings (SSSR count). The first-order valence-corrected chi connectivity index (χ1v) is 3.61. The van der Waals surface area contributed by atoms with Gasteiger partial charge in [-0.15, -0.1) is 24.2 Å². The molecule has 1 aliphatic heterocycles. The Bertz CT molecular complexity index is 210. The van der Waals surface area contributed by atoms with Crippen molar-refractivity contribution in [2.24, 2.45) is 0 Å². The summed E-state index contributed by atoms with van der Waals surface area (Å²) >= 11 is 0. The fourth-order valence-corrected chi connectivity index (χ4v) is 1.29. The summed E-state index contributed by atoms with van der Waals surface area (Å²) in [6.07, 6.45) is 1.16. The molecule has 0 saturated heterocycles. The summed E-state index contributed by atoms with van der Waals surface area (Å²) in [4.78, 5) is 0. The zero-order valence-electron chi connectivity index (χ0n) is 6.80. The van der Waals surface area contributed by atoms with Crippen LogP contribution in [-0.4, -0.2) is 6.54 Å². The minimum absolute atomic E-state index is 0. The van der Waals surface area contributed by atoms with Crippen molar-refractivity contribution in [3.8, 4) is 0 Å². The molecule has 0 radical (unpaired) electrons. The van der Waals surface area contributed by atoms with Crippen LogP contribution in [0.4, 0.5) is 0 Å². The van der Waals surface area contributed by atoms with Crippen LogP contribution in [0.3, 0.4) is 0 Å². The summed E-state index contributed by atoms with van der Waals surface area (Å²) in [6.45, 7) is 3.16. The summed E-state index contributed by atoms with van der Waals surface area (Å²) in [7, 11) is 0. The Balaban J connectivity index is 0.000000605. The molecule has 0 aromatic heterocycles. The Hall–Kier alpha value is -0.353. The van der Waals surface area contributed by atoms with Crippen LogP contribution in [0.2, 0.25) is 0 Å². The molecule has 1 aliphatic rings. The van der Waals surface area contributed by atoms with Crippen molar-refractivity contribution in [1.82, 2.24) is 5.32 Å². The molecule has 11 heavy (non-hydrogen) atoms. The average Bonchev–Trinajstić information content (AvgIpc) is 2.05. The Morgan fingerprint density at radius 3 is 2.91 bits per heavy atom. The van der Waals surface area contributed by atoms with E-state index in [4.69, 9.17) is 0 Å². The largest absolute Gasteiger partial charge is 1.00 e. The van der Waals surface area contributed by atoms with Gasteiger partial charge in [0.2, 0.25) is 0 Å². The van der Waals surface area contributed by atoms with E-state index in [9.17, 15) is 0 Å². The van der Waals surface area contributed by atoms with E-state index in [1.807, 2.05) is 0 Å². The van der Waals surface area contributed by atoms with Gasteiger partial charge in [0.05, 0.1) is 0 Å². The first-order chi connectivity index (χ1) is 4.97. The van der Waals surface area contributed by atoms with E-state index in [0.717, 1.165) is 13.0 Å². The molecule has 1 N–H and O–H groups in total. The number of benzene rings is 1. The summed E-state index contributed by atoms with van der Waals surface area (Å²) < 4.78 is 0. The van der Waals surface area contributed by atoms with Crippen molar-refractivity contribution in [2.45, 2.75) is 6.42 Å². The van der Waals surface area contributed by atoms with Crippen LogP contribution in [0.5, 0.6) is 0 Å². The molecule has 1 aromatic carbocycles. The van der Waals surface area contributed by atoms with Crippen LogP contribution >= 0.6 is 0 Å². The summed E-state index contributed by atoms with van der Waals surface area (Å²) in [5, 5.41) is 3.22. The van der Waals surface area contributed by atoms with Crippen molar-refractivity contribution in [3.05, 3.63) is 41.9 Å². The first kappa shape index (κ1) is 8.74. The molecular formula is C9H10LiN. The third-order valence-corrected chi connectivity index (χ3v) is 1.85. The predicted octanol–water partition coefficient (Wildman–Crippen LogP) is -1.65. The first-order valence-electron chi connectivity index (χ1n) is 3.61. The van der Waals surface area contributed by atoms with E-state index >= 15 is 0 Å². The van der Waals surface area contributed by atoms with E-state index in [-0.39, 0.29) is 18.9 Å². The van der Waals surface area contributed by atoms with Gasteiger partial charge in [-0.3, -0.25) is 0 Å². The van der Waals surface area contributed by atoms with Crippen molar-refractivity contribution < 1.29 is 18.9 Å². The summed E-state index contributed by atoms with van der Waals surface area (Å²) in [5.74, 6) is 0. The second-order valence-corrected chi connectivity index (χ2v) is 2.55. The third-order valence-electron chi connectivity index (χ3n) is 1.85. The number of hydrogen-bond donors (Lipinski definition) is 1. The van der Waals surface area contributed by atoms with E-state index in [1.165, 1.54) is 11.1 Å². The molecule has 0 aliphatic carbocycles. The fraction of sp³-hybridized carbons (Fsp3) is 0.222. The quantitative estimate of drug-likeness (QED) is 0.335. The topological polar surface area (TPSA) is 12.0 Å². The van der Waals surface area contributed by atoms with Gasteiger partial charge in [0.25, 0.3) is 0 Å². The van der Waals surface area contributed by atoms with Gasteiger partial charge in [-0.1, -0.05) is 12.5 Å². The van der Waals surface area contributed by atoms with Crippen molar-refractivity contribution in [2.75, 3.05) is 6.54 Å². The van der Waals surface area contributed by atoms with Crippen molar-refractivity contribution in [1.29, 1.82) is 0 Å². The molecule has 0 spiro atoms. The van der Waals surface area contributed by atoms with Gasteiger partial charge < -0.3 is 5.32 Å². The molecule has 0 unspecified atom stereocenters. The Labute approximate surface area is 79.4 Å². The van der Waals surface area contributed by atoms with Crippen molar-refractivity contribution >= 4 is 0 Å². The fourth-order valence-electron chi connectivity index (χ4n) is 1.29. The maximum Gasteiger partial charge on any atom is 1.00 e. The molecule has 1 aromatic rings. The minimum atomic E-state index is 0. The molecule has 0 fully saturated rings. The van der Waals surface area contributed by atoms with E-state index in [0.29, 0.717) is 0 Å². The maximum atomic E-state index is 3.22. The Morgan fingerprint density at radius 2 is 2.09 bits per heavy atom. The smallest absolute Gasteiger partial charge is 0.348 e. The molecule has 52 valence electrons. The molecule has 0 saturated carbocycles.